The Bertz CT molecular complexity index is 762. The second-order valence-corrected chi connectivity index (χ2v) is 7.26. The maximum atomic E-state index is 12.4. The van der Waals surface area contributed by atoms with Gasteiger partial charge in [0.1, 0.15) is 0 Å². The van der Waals surface area contributed by atoms with Crippen molar-refractivity contribution in [1.82, 2.24) is 15.1 Å². The number of rotatable bonds is 4. The number of nitrogens with zero attached hydrogens (tertiary/aromatic N) is 5. The molecule has 4 rings (SSSR count). The monoisotopic (exact) mass is 366 g/mol. The number of anilines is 3. The second-order valence-electron chi connectivity index (χ2n) is 7.26. The summed E-state index contributed by atoms with van der Waals surface area (Å²) in [6.07, 6.45) is 2.38. The van der Waals surface area contributed by atoms with E-state index in [0.29, 0.717) is 5.69 Å². The van der Waals surface area contributed by atoms with Gasteiger partial charge in [-0.15, -0.1) is 10.2 Å². The summed E-state index contributed by atoms with van der Waals surface area (Å²) in [5, 5.41) is 11.2. The van der Waals surface area contributed by atoms with E-state index in [9.17, 15) is 4.79 Å². The maximum absolute atomic E-state index is 12.4. The standard InChI is InChI=1S/C20H26N6O/c1-24-12-14-25(15-13-24)17-6-4-16(5-7-17)21-20(27)18-8-9-19(23-22-18)26-10-2-3-11-26/h4-9H,2-3,10-15H2,1H3,(H,21,27). The summed E-state index contributed by atoms with van der Waals surface area (Å²) in [5.41, 5.74) is 2.29. The Labute approximate surface area is 160 Å². The van der Waals surface area contributed by atoms with Crippen LogP contribution in [-0.4, -0.2) is 67.3 Å². The average molecular weight is 366 g/mol. The molecule has 2 saturated heterocycles. The van der Waals surface area contributed by atoms with E-state index in [0.717, 1.165) is 50.8 Å². The van der Waals surface area contributed by atoms with Crippen molar-refractivity contribution in [2.24, 2.45) is 0 Å². The minimum Gasteiger partial charge on any atom is -0.369 e. The van der Waals surface area contributed by atoms with Crippen LogP contribution in [0.2, 0.25) is 0 Å². The quantitative estimate of drug-likeness (QED) is 0.894. The van der Waals surface area contributed by atoms with Crippen molar-refractivity contribution >= 4 is 23.1 Å². The zero-order valence-electron chi connectivity index (χ0n) is 15.8. The summed E-state index contributed by atoms with van der Waals surface area (Å²) in [4.78, 5) is 19.3. The fourth-order valence-corrected chi connectivity index (χ4v) is 3.58. The van der Waals surface area contributed by atoms with Gasteiger partial charge in [0, 0.05) is 50.6 Å². The number of carbonyl (C=O) groups is 1. The molecule has 3 heterocycles. The van der Waals surface area contributed by atoms with Crippen molar-refractivity contribution in [3.8, 4) is 0 Å². The number of amides is 1. The number of nitrogens with one attached hydrogen (secondary N) is 1. The maximum Gasteiger partial charge on any atom is 0.276 e. The predicted molar refractivity (Wildman–Crippen MR) is 108 cm³/mol. The summed E-state index contributed by atoms with van der Waals surface area (Å²) in [7, 11) is 2.15. The molecule has 7 heteroatoms. The van der Waals surface area contributed by atoms with Crippen LogP contribution < -0.4 is 15.1 Å². The minimum absolute atomic E-state index is 0.234. The van der Waals surface area contributed by atoms with Crippen LogP contribution >= 0.6 is 0 Å². The highest BCUT2D eigenvalue weighted by Gasteiger charge is 2.16. The molecule has 7 nitrogen and oxygen atoms in total. The largest absolute Gasteiger partial charge is 0.369 e. The molecule has 0 bridgehead atoms. The molecule has 1 aromatic carbocycles. The predicted octanol–water partition coefficient (Wildman–Crippen LogP) is 2.08. The number of hydrogen-bond acceptors (Lipinski definition) is 6. The van der Waals surface area contributed by atoms with Gasteiger partial charge in [-0.3, -0.25) is 4.79 Å². The van der Waals surface area contributed by atoms with Crippen LogP contribution in [0.25, 0.3) is 0 Å². The third-order valence-corrected chi connectivity index (χ3v) is 5.31. The topological polar surface area (TPSA) is 64.6 Å². The van der Waals surface area contributed by atoms with Gasteiger partial charge in [-0.05, 0) is 56.3 Å². The van der Waals surface area contributed by atoms with E-state index < -0.39 is 0 Å². The molecule has 0 unspecified atom stereocenters. The molecule has 0 radical (unpaired) electrons. The Kier molecular flexibility index (Phi) is 5.20. The minimum atomic E-state index is -0.234. The van der Waals surface area contributed by atoms with Gasteiger partial charge in [-0.1, -0.05) is 0 Å². The van der Waals surface area contributed by atoms with Crippen molar-refractivity contribution < 1.29 is 4.79 Å². The summed E-state index contributed by atoms with van der Waals surface area (Å²) in [6.45, 7) is 6.23. The van der Waals surface area contributed by atoms with Crippen LogP contribution in [0.1, 0.15) is 23.3 Å². The molecule has 2 aliphatic heterocycles. The van der Waals surface area contributed by atoms with Gasteiger partial charge in [-0.2, -0.15) is 0 Å². The van der Waals surface area contributed by atoms with Crippen molar-refractivity contribution in [1.29, 1.82) is 0 Å². The van der Waals surface area contributed by atoms with E-state index >= 15 is 0 Å². The van der Waals surface area contributed by atoms with E-state index in [1.165, 1.54) is 18.5 Å². The van der Waals surface area contributed by atoms with Gasteiger partial charge in [0.25, 0.3) is 5.91 Å². The van der Waals surface area contributed by atoms with E-state index in [1.54, 1.807) is 6.07 Å². The van der Waals surface area contributed by atoms with Gasteiger partial charge in [0.2, 0.25) is 0 Å². The van der Waals surface area contributed by atoms with E-state index in [2.05, 4.69) is 49.4 Å². The Morgan fingerprint density at radius 3 is 2.19 bits per heavy atom. The first-order valence-corrected chi connectivity index (χ1v) is 9.63. The van der Waals surface area contributed by atoms with Crippen molar-refractivity contribution in [3.05, 3.63) is 42.1 Å². The lowest BCUT2D eigenvalue weighted by Gasteiger charge is -2.34. The number of piperazine rings is 1. The number of aromatic nitrogens is 2. The molecular weight excluding hydrogens is 340 g/mol. The molecule has 2 aromatic rings. The Hall–Kier alpha value is -2.67. The van der Waals surface area contributed by atoms with Gasteiger partial charge >= 0.3 is 0 Å². The Balaban J connectivity index is 1.36. The molecule has 27 heavy (non-hydrogen) atoms. The molecule has 1 N–H and O–H groups in total. The van der Waals surface area contributed by atoms with Crippen molar-refractivity contribution in [2.75, 3.05) is 61.4 Å². The molecule has 0 spiro atoms. The summed E-state index contributed by atoms with van der Waals surface area (Å²) in [6, 6.07) is 11.6. The van der Waals surface area contributed by atoms with Gasteiger partial charge in [-0.25, -0.2) is 0 Å². The third kappa shape index (κ3) is 4.19. The zero-order valence-corrected chi connectivity index (χ0v) is 15.8. The molecule has 0 atom stereocenters. The number of likely N-dealkylation sites (N-methyl/N-ethyl adjacent to an activating group) is 1. The van der Waals surface area contributed by atoms with Gasteiger partial charge in [0.15, 0.2) is 11.5 Å². The van der Waals surface area contributed by atoms with Crippen LogP contribution in [0.4, 0.5) is 17.2 Å². The molecular formula is C20H26N6O. The lowest BCUT2D eigenvalue weighted by Crippen LogP contribution is -2.44. The Morgan fingerprint density at radius 2 is 1.56 bits per heavy atom. The molecule has 1 aromatic heterocycles. The lowest BCUT2D eigenvalue weighted by atomic mass is 10.2. The summed E-state index contributed by atoms with van der Waals surface area (Å²) >= 11 is 0. The van der Waals surface area contributed by atoms with Crippen LogP contribution in [0.3, 0.4) is 0 Å². The fraction of sp³-hybridized carbons (Fsp3) is 0.450. The van der Waals surface area contributed by atoms with E-state index in [1.807, 2.05) is 18.2 Å². The molecule has 0 aliphatic carbocycles. The first-order valence-electron chi connectivity index (χ1n) is 9.63. The smallest absolute Gasteiger partial charge is 0.276 e. The fourth-order valence-electron chi connectivity index (χ4n) is 3.58. The zero-order chi connectivity index (χ0) is 18.6. The van der Waals surface area contributed by atoms with Crippen LogP contribution in [-0.2, 0) is 0 Å². The van der Waals surface area contributed by atoms with Gasteiger partial charge < -0.3 is 20.0 Å². The first-order chi connectivity index (χ1) is 13.2. The number of hydrogen-bond donors (Lipinski definition) is 1. The molecule has 142 valence electrons. The highest BCUT2D eigenvalue weighted by atomic mass is 16.1. The summed E-state index contributed by atoms with van der Waals surface area (Å²) in [5.74, 6) is 0.614. The van der Waals surface area contributed by atoms with E-state index in [4.69, 9.17) is 0 Å². The molecule has 2 aliphatic rings. The van der Waals surface area contributed by atoms with Crippen LogP contribution in [0.5, 0.6) is 0 Å². The summed E-state index contributed by atoms with van der Waals surface area (Å²) < 4.78 is 0. The Morgan fingerprint density at radius 1 is 0.852 bits per heavy atom. The average Bonchev–Trinajstić information content (AvgIpc) is 3.24. The third-order valence-electron chi connectivity index (χ3n) is 5.31. The number of benzene rings is 1. The van der Waals surface area contributed by atoms with Crippen molar-refractivity contribution in [3.63, 3.8) is 0 Å². The number of carbonyl (C=O) groups excluding carboxylic acids is 1. The lowest BCUT2D eigenvalue weighted by molar-refractivity contribution is 0.102. The normalized spacial score (nSPS) is 18.0. The molecule has 2 fully saturated rings. The van der Waals surface area contributed by atoms with Crippen LogP contribution in [0, 0.1) is 0 Å². The highest BCUT2D eigenvalue weighted by molar-refractivity contribution is 6.02. The molecule has 0 saturated carbocycles. The van der Waals surface area contributed by atoms with Gasteiger partial charge in [0.05, 0.1) is 0 Å². The SMILES string of the molecule is CN1CCN(c2ccc(NC(=O)c3ccc(N4CCCC4)nn3)cc2)CC1. The molecule has 1 amide bonds. The second kappa shape index (κ2) is 7.92. The van der Waals surface area contributed by atoms with E-state index in [-0.39, 0.29) is 5.91 Å². The van der Waals surface area contributed by atoms with Crippen LogP contribution in [0.15, 0.2) is 36.4 Å². The highest BCUT2D eigenvalue weighted by Crippen LogP contribution is 2.20. The van der Waals surface area contributed by atoms with Crippen molar-refractivity contribution in [2.45, 2.75) is 12.8 Å². The first kappa shape index (κ1) is 17.7.